The molecular weight excluding hydrogens is 310 g/mol. The minimum absolute atomic E-state index is 0.0737. The molecule has 1 aliphatic rings. The van der Waals surface area contributed by atoms with E-state index in [1.165, 1.54) is 0 Å². The standard InChI is InChI=1S/C11H9F4N5O2/c12-10(5-11(13,14)15)6-1-2-17-4-7(6)18-9(19-10)3-8(16)20(21)22/h1-4,16,18-19H,5H2/b9-3+,16-8?. The normalized spacial score (nSPS) is 22.5. The van der Waals surface area contributed by atoms with Crippen LogP contribution >= 0.6 is 0 Å². The van der Waals surface area contributed by atoms with Crippen molar-refractivity contribution in [2.45, 2.75) is 18.4 Å². The molecule has 2 heterocycles. The minimum atomic E-state index is -4.82. The van der Waals surface area contributed by atoms with Crippen LogP contribution in [-0.4, -0.2) is 21.9 Å². The second kappa shape index (κ2) is 5.24. The van der Waals surface area contributed by atoms with E-state index in [2.05, 4.69) is 10.3 Å². The SMILES string of the molecule is N=C(/C=C1\Nc2cnccc2C(F)(CC(F)(F)F)N1)[N+](=O)[O-]. The Morgan fingerprint density at radius 3 is 2.82 bits per heavy atom. The third-order valence-corrected chi connectivity index (χ3v) is 2.77. The molecule has 0 aliphatic carbocycles. The Kier molecular flexibility index (Phi) is 3.73. The van der Waals surface area contributed by atoms with E-state index in [1.54, 1.807) is 0 Å². The van der Waals surface area contributed by atoms with Crippen molar-refractivity contribution in [1.82, 2.24) is 10.3 Å². The molecule has 1 aromatic heterocycles. The number of halogens is 4. The lowest BCUT2D eigenvalue weighted by Crippen LogP contribution is -2.47. The molecule has 11 heteroatoms. The van der Waals surface area contributed by atoms with Crippen molar-refractivity contribution in [1.29, 1.82) is 5.41 Å². The minimum Gasteiger partial charge on any atom is -0.358 e. The summed E-state index contributed by atoms with van der Waals surface area (Å²) in [6.45, 7) is 0. The lowest BCUT2D eigenvalue weighted by atomic mass is 9.98. The van der Waals surface area contributed by atoms with E-state index in [0.29, 0.717) is 6.08 Å². The topological polar surface area (TPSA) is 104 Å². The summed E-state index contributed by atoms with van der Waals surface area (Å²) in [6, 6.07) is 1.07. The van der Waals surface area contributed by atoms with Crippen molar-refractivity contribution in [2.75, 3.05) is 5.32 Å². The zero-order chi connectivity index (χ0) is 16.5. The maximum absolute atomic E-state index is 14.8. The van der Waals surface area contributed by atoms with Gasteiger partial charge in [0, 0.05) is 11.8 Å². The molecule has 3 N–H and O–H groups in total. The fraction of sp³-hybridized carbons (Fsp3) is 0.273. The molecule has 7 nitrogen and oxygen atoms in total. The van der Waals surface area contributed by atoms with E-state index in [1.807, 2.05) is 5.32 Å². The Labute approximate surface area is 120 Å². The van der Waals surface area contributed by atoms with Gasteiger partial charge in [0.25, 0.3) is 0 Å². The Morgan fingerprint density at radius 2 is 2.23 bits per heavy atom. The number of nitrogens with zero attached hydrogens (tertiary/aromatic N) is 2. The van der Waals surface area contributed by atoms with Gasteiger partial charge in [-0.05, 0) is 11.0 Å². The van der Waals surface area contributed by atoms with E-state index < -0.39 is 35.0 Å². The van der Waals surface area contributed by atoms with Crippen LogP contribution < -0.4 is 10.6 Å². The summed E-state index contributed by atoms with van der Waals surface area (Å²) in [7, 11) is 0. The second-order valence-electron chi connectivity index (χ2n) is 4.46. The lowest BCUT2D eigenvalue weighted by Gasteiger charge is -2.36. The lowest BCUT2D eigenvalue weighted by molar-refractivity contribution is -0.349. The molecule has 0 spiro atoms. The van der Waals surface area contributed by atoms with Crippen LogP contribution in [0.3, 0.4) is 0 Å². The molecule has 0 amide bonds. The van der Waals surface area contributed by atoms with Crippen LogP contribution in [0.15, 0.2) is 30.4 Å². The summed E-state index contributed by atoms with van der Waals surface area (Å²) in [5.74, 6) is -4.57. The Bertz CT molecular complexity index is 660. The molecule has 0 radical (unpaired) electrons. The molecule has 0 saturated carbocycles. The van der Waals surface area contributed by atoms with Crippen molar-refractivity contribution in [3.8, 4) is 0 Å². The number of fused-ring (bicyclic) bond motifs is 1. The molecule has 1 aliphatic heterocycles. The summed E-state index contributed by atoms with van der Waals surface area (Å²) < 4.78 is 52.6. The van der Waals surface area contributed by atoms with E-state index in [9.17, 15) is 27.7 Å². The van der Waals surface area contributed by atoms with E-state index in [-0.39, 0.29) is 11.3 Å². The summed E-state index contributed by atoms with van der Waals surface area (Å²) in [4.78, 5) is 13.0. The number of nitro groups is 1. The van der Waals surface area contributed by atoms with Crippen LogP contribution in [0.4, 0.5) is 23.2 Å². The molecule has 22 heavy (non-hydrogen) atoms. The zero-order valence-electron chi connectivity index (χ0n) is 10.7. The highest BCUT2D eigenvalue weighted by atomic mass is 19.4. The molecule has 0 saturated heterocycles. The van der Waals surface area contributed by atoms with E-state index in [0.717, 1.165) is 18.5 Å². The molecule has 1 aromatic rings. The quantitative estimate of drug-likeness (QED) is 0.194. The van der Waals surface area contributed by atoms with Gasteiger partial charge in [-0.1, -0.05) is 5.41 Å². The second-order valence-corrected chi connectivity index (χ2v) is 4.46. The van der Waals surface area contributed by atoms with Crippen LogP contribution in [0.5, 0.6) is 0 Å². The molecule has 2 rings (SSSR count). The molecule has 0 aromatic carbocycles. The fourth-order valence-electron chi connectivity index (χ4n) is 1.97. The first kappa shape index (κ1) is 15.7. The largest absolute Gasteiger partial charge is 0.394 e. The molecular formula is C11H9F4N5O2. The number of amidine groups is 1. The predicted octanol–water partition coefficient (Wildman–Crippen LogP) is 2.27. The van der Waals surface area contributed by atoms with Gasteiger partial charge >= 0.3 is 12.0 Å². The summed E-state index contributed by atoms with van der Waals surface area (Å²) in [6.07, 6.45) is -3.87. The van der Waals surface area contributed by atoms with Crippen LogP contribution in [0.1, 0.15) is 12.0 Å². The number of aromatic nitrogens is 1. The van der Waals surface area contributed by atoms with Gasteiger partial charge in [0.15, 0.2) is 0 Å². The number of anilines is 1. The van der Waals surface area contributed by atoms with Crippen LogP contribution in [0.2, 0.25) is 0 Å². The fourth-order valence-corrected chi connectivity index (χ4v) is 1.97. The Hall–Kier alpha value is -2.72. The summed E-state index contributed by atoms with van der Waals surface area (Å²) >= 11 is 0. The number of nitrogens with one attached hydrogen (secondary N) is 3. The molecule has 1 atom stereocenters. The van der Waals surface area contributed by atoms with Crippen LogP contribution in [0, 0.1) is 15.5 Å². The van der Waals surface area contributed by atoms with Crippen LogP contribution in [-0.2, 0) is 5.79 Å². The maximum atomic E-state index is 14.8. The van der Waals surface area contributed by atoms with E-state index in [4.69, 9.17) is 5.41 Å². The highest BCUT2D eigenvalue weighted by molar-refractivity contribution is 5.84. The van der Waals surface area contributed by atoms with Gasteiger partial charge in [-0.15, -0.1) is 0 Å². The van der Waals surface area contributed by atoms with Gasteiger partial charge in [-0.25, -0.2) is 4.39 Å². The smallest absolute Gasteiger partial charge is 0.358 e. The first-order valence-corrected chi connectivity index (χ1v) is 5.81. The van der Waals surface area contributed by atoms with Crippen molar-refractivity contribution >= 4 is 11.5 Å². The summed E-state index contributed by atoms with van der Waals surface area (Å²) in [5.41, 5.74) is -0.403. The molecule has 118 valence electrons. The van der Waals surface area contributed by atoms with Crippen LogP contribution in [0.25, 0.3) is 0 Å². The highest BCUT2D eigenvalue weighted by Gasteiger charge is 2.48. The molecule has 0 bridgehead atoms. The Morgan fingerprint density at radius 1 is 1.55 bits per heavy atom. The predicted molar refractivity (Wildman–Crippen MR) is 67.3 cm³/mol. The number of hydrogen-bond acceptors (Lipinski definition) is 6. The Balaban J connectivity index is 2.45. The average molecular weight is 319 g/mol. The van der Waals surface area contributed by atoms with Gasteiger partial charge in [0.05, 0.1) is 18.0 Å². The van der Waals surface area contributed by atoms with Crippen molar-refractivity contribution in [2.24, 2.45) is 0 Å². The van der Waals surface area contributed by atoms with Gasteiger partial charge in [-0.3, -0.25) is 4.98 Å². The zero-order valence-corrected chi connectivity index (χ0v) is 10.7. The summed E-state index contributed by atoms with van der Waals surface area (Å²) in [5, 5.41) is 21.8. The number of alkyl halides is 4. The monoisotopic (exact) mass is 319 g/mol. The number of hydrogen-bond donors (Lipinski definition) is 3. The third-order valence-electron chi connectivity index (χ3n) is 2.77. The third kappa shape index (κ3) is 3.30. The van der Waals surface area contributed by atoms with Gasteiger partial charge < -0.3 is 20.7 Å². The molecule has 0 fully saturated rings. The average Bonchev–Trinajstić information content (AvgIpc) is 2.36. The van der Waals surface area contributed by atoms with Crippen molar-refractivity contribution in [3.05, 3.63) is 46.0 Å². The number of rotatable bonds is 2. The van der Waals surface area contributed by atoms with Crippen molar-refractivity contribution in [3.63, 3.8) is 0 Å². The van der Waals surface area contributed by atoms with Crippen molar-refractivity contribution < 1.29 is 22.5 Å². The number of pyridine rings is 1. The van der Waals surface area contributed by atoms with E-state index >= 15 is 0 Å². The maximum Gasteiger partial charge on any atom is 0.394 e. The highest BCUT2D eigenvalue weighted by Crippen LogP contribution is 2.41. The van der Waals surface area contributed by atoms with Gasteiger partial charge in [0.2, 0.25) is 5.79 Å². The van der Waals surface area contributed by atoms with Gasteiger partial charge in [0.1, 0.15) is 12.2 Å². The first-order chi connectivity index (χ1) is 10.1. The molecule has 1 unspecified atom stereocenters. The first-order valence-electron chi connectivity index (χ1n) is 5.81. The van der Waals surface area contributed by atoms with Gasteiger partial charge in [-0.2, -0.15) is 13.2 Å².